The van der Waals surface area contributed by atoms with Gasteiger partial charge in [0.15, 0.2) is 0 Å². The monoisotopic (exact) mass is 211 g/mol. The maximum atomic E-state index is 9.00. The van der Waals surface area contributed by atoms with E-state index in [0.717, 1.165) is 12.2 Å². The summed E-state index contributed by atoms with van der Waals surface area (Å²) in [6.07, 6.45) is 0. The number of aliphatic hydroxyl groups is 2. The average Bonchev–Trinajstić information content (AvgIpc) is 2.10. The highest BCUT2D eigenvalue weighted by Crippen LogP contribution is 1.85. The third-order valence-electron chi connectivity index (χ3n) is 0.729. The molecule has 0 atom stereocenters. The van der Waals surface area contributed by atoms with Crippen LogP contribution in [-0.2, 0) is 14.5 Å². The van der Waals surface area contributed by atoms with Gasteiger partial charge in [0.1, 0.15) is 0 Å². The Morgan fingerprint density at radius 1 is 1.21 bits per heavy atom. The van der Waals surface area contributed by atoms with Crippen LogP contribution in [0.3, 0.4) is 0 Å². The highest BCUT2D eigenvalue weighted by Gasteiger charge is 1.95. The summed E-state index contributed by atoms with van der Waals surface area (Å²) < 4.78 is 0. The molecule has 0 aliphatic heterocycles. The Bertz CT molecular complexity index is 119. The standard InChI is InChI=1S/C5H13NO4.C2H4O2/c1-6(9-4-2-7)10-5-3-8;1-2(3)4/h7-8H,2-5H2,1H3;1H3,(H,3,4). The minimum absolute atomic E-state index is 0.0488. The van der Waals surface area contributed by atoms with Gasteiger partial charge in [0.05, 0.1) is 26.4 Å². The van der Waals surface area contributed by atoms with Crippen LogP contribution in [-0.4, -0.2) is 60.0 Å². The summed E-state index contributed by atoms with van der Waals surface area (Å²) in [6, 6.07) is 0. The SMILES string of the molecule is CC(=O)O.CN(OCCO)OCCO. The van der Waals surface area contributed by atoms with E-state index in [1.54, 1.807) is 7.05 Å². The number of aliphatic hydroxyl groups excluding tert-OH is 2. The van der Waals surface area contributed by atoms with Crippen molar-refractivity contribution in [2.24, 2.45) is 0 Å². The summed E-state index contributed by atoms with van der Waals surface area (Å²) in [5.74, 6) is -0.833. The molecule has 0 aromatic rings. The number of hydroxylamine groups is 2. The number of carboxylic acids is 1. The van der Waals surface area contributed by atoms with Crippen molar-refractivity contribution in [2.45, 2.75) is 6.92 Å². The van der Waals surface area contributed by atoms with Crippen molar-refractivity contribution in [1.29, 1.82) is 0 Å². The third-order valence-corrected chi connectivity index (χ3v) is 0.729. The molecule has 0 unspecified atom stereocenters. The first-order valence-corrected chi connectivity index (χ1v) is 3.95. The quantitative estimate of drug-likeness (QED) is 0.477. The van der Waals surface area contributed by atoms with Gasteiger partial charge in [-0.1, -0.05) is 5.23 Å². The molecule has 7 heteroatoms. The Hall–Kier alpha value is -0.730. The fraction of sp³-hybridized carbons (Fsp3) is 0.857. The van der Waals surface area contributed by atoms with E-state index in [1.165, 1.54) is 0 Å². The summed E-state index contributed by atoms with van der Waals surface area (Å²) in [5.41, 5.74) is 0. The first kappa shape index (κ1) is 15.7. The van der Waals surface area contributed by atoms with Gasteiger partial charge in [-0.15, -0.1) is 0 Å². The third kappa shape index (κ3) is 22.5. The number of nitrogens with zero attached hydrogens (tertiary/aromatic N) is 1. The Labute approximate surface area is 82.4 Å². The fourth-order valence-corrected chi connectivity index (χ4v) is 0.376. The molecule has 0 heterocycles. The minimum Gasteiger partial charge on any atom is -0.481 e. The summed E-state index contributed by atoms with van der Waals surface area (Å²) >= 11 is 0. The van der Waals surface area contributed by atoms with Gasteiger partial charge in [0.25, 0.3) is 5.97 Å². The molecule has 0 aliphatic carbocycles. The molecule has 0 aromatic carbocycles. The predicted octanol–water partition coefficient (Wildman–Crippen LogP) is -1.14. The molecule has 3 N–H and O–H groups in total. The lowest BCUT2D eigenvalue weighted by Gasteiger charge is -2.13. The zero-order valence-electron chi connectivity index (χ0n) is 8.34. The van der Waals surface area contributed by atoms with Gasteiger partial charge >= 0.3 is 0 Å². The summed E-state index contributed by atoms with van der Waals surface area (Å²) in [4.78, 5) is 18.5. The van der Waals surface area contributed by atoms with Crippen LogP contribution in [0.15, 0.2) is 0 Å². The number of hydrogen-bond donors (Lipinski definition) is 3. The Morgan fingerprint density at radius 2 is 1.50 bits per heavy atom. The summed E-state index contributed by atoms with van der Waals surface area (Å²) in [5, 5.41) is 25.1. The van der Waals surface area contributed by atoms with Crippen LogP contribution >= 0.6 is 0 Å². The Morgan fingerprint density at radius 3 is 1.71 bits per heavy atom. The molecule has 0 spiro atoms. The van der Waals surface area contributed by atoms with Crippen molar-refractivity contribution < 1.29 is 29.8 Å². The lowest BCUT2D eigenvalue weighted by molar-refractivity contribution is -0.356. The molecule has 0 aromatic heterocycles. The second-order valence-electron chi connectivity index (χ2n) is 2.07. The lowest BCUT2D eigenvalue weighted by atomic mass is 10.8. The Balaban J connectivity index is 0. The molecule has 7 nitrogen and oxygen atoms in total. The highest BCUT2D eigenvalue weighted by molar-refractivity contribution is 5.62. The molecule has 0 rings (SSSR count). The maximum Gasteiger partial charge on any atom is 0.300 e. The number of carboxylic acid groups (broad SMARTS) is 1. The smallest absolute Gasteiger partial charge is 0.300 e. The van der Waals surface area contributed by atoms with Crippen molar-refractivity contribution in [2.75, 3.05) is 33.5 Å². The second-order valence-corrected chi connectivity index (χ2v) is 2.07. The van der Waals surface area contributed by atoms with Crippen molar-refractivity contribution in [3.63, 3.8) is 0 Å². The zero-order valence-corrected chi connectivity index (χ0v) is 8.34. The molecule has 14 heavy (non-hydrogen) atoms. The molecule has 0 saturated heterocycles. The molecular formula is C7H17NO6. The molecule has 0 radical (unpaired) electrons. The van der Waals surface area contributed by atoms with E-state index in [-0.39, 0.29) is 26.4 Å². The molecule has 86 valence electrons. The van der Waals surface area contributed by atoms with Gasteiger partial charge in [0.2, 0.25) is 0 Å². The Kier molecular flexibility index (Phi) is 13.8. The number of rotatable bonds is 6. The van der Waals surface area contributed by atoms with Crippen molar-refractivity contribution >= 4 is 5.97 Å². The van der Waals surface area contributed by atoms with E-state index in [0.29, 0.717) is 0 Å². The zero-order chi connectivity index (χ0) is 11.4. The van der Waals surface area contributed by atoms with Crippen LogP contribution in [0.5, 0.6) is 0 Å². The largest absolute Gasteiger partial charge is 0.481 e. The van der Waals surface area contributed by atoms with E-state index < -0.39 is 5.97 Å². The topological polar surface area (TPSA) is 99.5 Å². The molecular weight excluding hydrogens is 194 g/mol. The van der Waals surface area contributed by atoms with Gasteiger partial charge in [0, 0.05) is 14.0 Å². The fourth-order valence-electron chi connectivity index (χ4n) is 0.376. The van der Waals surface area contributed by atoms with Gasteiger partial charge in [-0.25, -0.2) is 0 Å². The number of hydrogen-bond acceptors (Lipinski definition) is 6. The number of carbonyl (C=O) groups is 1. The van der Waals surface area contributed by atoms with E-state index >= 15 is 0 Å². The van der Waals surface area contributed by atoms with Crippen molar-refractivity contribution in [1.82, 2.24) is 5.23 Å². The normalized spacial score (nSPS) is 9.50. The molecule has 0 saturated carbocycles. The van der Waals surface area contributed by atoms with Crippen LogP contribution < -0.4 is 0 Å². The minimum atomic E-state index is -0.833. The maximum absolute atomic E-state index is 9.00. The highest BCUT2D eigenvalue weighted by atomic mass is 16.9. The van der Waals surface area contributed by atoms with Crippen LogP contribution in [0, 0.1) is 0 Å². The lowest BCUT2D eigenvalue weighted by Crippen LogP contribution is -2.22. The molecule has 0 bridgehead atoms. The van der Waals surface area contributed by atoms with Crippen LogP contribution in [0.1, 0.15) is 6.92 Å². The van der Waals surface area contributed by atoms with Crippen LogP contribution in [0.4, 0.5) is 0 Å². The number of aliphatic carboxylic acids is 1. The van der Waals surface area contributed by atoms with Crippen LogP contribution in [0.2, 0.25) is 0 Å². The second kappa shape index (κ2) is 12.3. The van der Waals surface area contributed by atoms with Crippen molar-refractivity contribution in [3.8, 4) is 0 Å². The first-order valence-electron chi connectivity index (χ1n) is 3.95. The van der Waals surface area contributed by atoms with Crippen LogP contribution in [0.25, 0.3) is 0 Å². The first-order chi connectivity index (χ1) is 6.54. The molecule has 0 aliphatic rings. The van der Waals surface area contributed by atoms with Gasteiger partial charge < -0.3 is 15.3 Å². The van der Waals surface area contributed by atoms with E-state index in [2.05, 4.69) is 0 Å². The van der Waals surface area contributed by atoms with Gasteiger partial charge in [-0.3, -0.25) is 14.5 Å². The van der Waals surface area contributed by atoms with Gasteiger partial charge in [-0.2, -0.15) is 0 Å². The summed E-state index contributed by atoms with van der Waals surface area (Å²) in [6.45, 7) is 1.38. The van der Waals surface area contributed by atoms with E-state index in [9.17, 15) is 0 Å². The van der Waals surface area contributed by atoms with E-state index in [1.807, 2.05) is 0 Å². The molecule has 0 amide bonds. The van der Waals surface area contributed by atoms with Gasteiger partial charge in [-0.05, 0) is 0 Å². The summed E-state index contributed by atoms with van der Waals surface area (Å²) in [7, 11) is 1.55. The predicted molar refractivity (Wildman–Crippen MR) is 47.1 cm³/mol. The van der Waals surface area contributed by atoms with Crippen molar-refractivity contribution in [3.05, 3.63) is 0 Å². The average molecular weight is 211 g/mol. The van der Waals surface area contributed by atoms with E-state index in [4.69, 9.17) is 29.8 Å². The molecule has 0 fully saturated rings.